The van der Waals surface area contributed by atoms with Crippen LogP contribution in [0, 0.1) is 3.57 Å². The zero-order valence-electron chi connectivity index (χ0n) is 7.17. The summed E-state index contributed by atoms with van der Waals surface area (Å²) in [6.07, 6.45) is 1.10. The maximum absolute atomic E-state index is 4.43. The van der Waals surface area contributed by atoms with Crippen LogP contribution in [0.3, 0.4) is 0 Å². The van der Waals surface area contributed by atoms with E-state index < -0.39 is 0 Å². The molecule has 0 bridgehead atoms. The molecule has 3 heteroatoms. The highest BCUT2D eigenvalue weighted by Gasteiger charge is 2.07. The number of thiol groups is 1. The summed E-state index contributed by atoms with van der Waals surface area (Å²) in [7, 11) is 0. The Hall–Kier alpha value is 0.260. The number of benzene rings is 1. The first-order chi connectivity index (χ1) is 6.24. The summed E-state index contributed by atoms with van der Waals surface area (Å²) < 4.78 is 2.77. The molecular formula is C10H9IS2. The maximum atomic E-state index is 4.43. The second-order valence-corrected chi connectivity index (χ2v) is 5.40. The first-order valence-electron chi connectivity index (χ1n) is 4.11. The number of thiophene rings is 1. The van der Waals surface area contributed by atoms with Crippen LogP contribution < -0.4 is 0 Å². The lowest BCUT2D eigenvalue weighted by molar-refractivity contribution is 1.15. The molecule has 0 aliphatic heterocycles. The van der Waals surface area contributed by atoms with E-state index in [0.717, 1.165) is 11.3 Å². The molecule has 0 amide bonds. The first-order valence-corrected chi connectivity index (χ1v) is 6.52. The van der Waals surface area contributed by atoms with Gasteiger partial charge in [-0.2, -0.15) is 0 Å². The molecule has 0 radical (unpaired) electrons. The molecule has 0 saturated carbocycles. The molecule has 13 heavy (non-hydrogen) atoms. The first kappa shape index (κ1) is 9.80. The van der Waals surface area contributed by atoms with Crippen molar-refractivity contribution in [1.82, 2.24) is 0 Å². The molecule has 0 aliphatic rings. The quantitative estimate of drug-likeness (QED) is 0.586. The Kier molecular flexibility index (Phi) is 2.86. The third kappa shape index (κ3) is 1.62. The Labute approximate surface area is 101 Å². The predicted molar refractivity (Wildman–Crippen MR) is 71.2 cm³/mol. The summed E-state index contributed by atoms with van der Waals surface area (Å²) in [6, 6.07) is 4.34. The van der Waals surface area contributed by atoms with Crippen LogP contribution in [0.2, 0.25) is 0 Å². The highest BCUT2D eigenvalue weighted by molar-refractivity contribution is 14.1. The molecule has 1 aromatic carbocycles. The molecule has 68 valence electrons. The Bertz CT molecular complexity index is 445. The Morgan fingerprint density at radius 1 is 1.46 bits per heavy atom. The van der Waals surface area contributed by atoms with Crippen molar-refractivity contribution < 1.29 is 0 Å². The largest absolute Gasteiger partial charge is 0.142 e. The van der Waals surface area contributed by atoms with Gasteiger partial charge in [-0.1, -0.05) is 13.0 Å². The number of halogens is 1. The molecule has 2 rings (SSSR count). The van der Waals surface area contributed by atoms with Crippen LogP contribution in [-0.4, -0.2) is 0 Å². The molecule has 0 saturated heterocycles. The minimum Gasteiger partial charge on any atom is -0.142 e. The van der Waals surface area contributed by atoms with E-state index >= 15 is 0 Å². The van der Waals surface area contributed by atoms with Crippen molar-refractivity contribution in [3.8, 4) is 0 Å². The molecule has 1 heterocycles. The molecule has 0 fully saturated rings. The van der Waals surface area contributed by atoms with Gasteiger partial charge in [0.15, 0.2) is 0 Å². The van der Waals surface area contributed by atoms with Gasteiger partial charge >= 0.3 is 0 Å². The number of hydrogen-bond donors (Lipinski definition) is 1. The number of fused-ring (bicyclic) bond motifs is 1. The lowest BCUT2D eigenvalue weighted by Gasteiger charge is -2.02. The lowest BCUT2D eigenvalue weighted by Crippen LogP contribution is -1.85. The van der Waals surface area contributed by atoms with Gasteiger partial charge in [0.05, 0.1) is 0 Å². The van der Waals surface area contributed by atoms with Crippen molar-refractivity contribution in [2.45, 2.75) is 18.2 Å². The zero-order chi connectivity index (χ0) is 9.42. The van der Waals surface area contributed by atoms with E-state index in [-0.39, 0.29) is 0 Å². The normalized spacial score (nSPS) is 11.0. The fourth-order valence-electron chi connectivity index (χ4n) is 1.45. The second-order valence-electron chi connectivity index (χ2n) is 2.88. The number of aryl methyl sites for hydroxylation is 1. The summed E-state index contributed by atoms with van der Waals surface area (Å²) in [5, 5.41) is 3.41. The van der Waals surface area contributed by atoms with Crippen LogP contribution in [0.4, 0.5) is 0 Å². The monoisotopic (exact) mass is 320 g/mol. The summed E-state index contributed by atoms with van der Waals surface area (Å²) in [6.45, 7) is 2.20. The van der Waals surface area contributed by atoms with E-state index in [1.807, 2.05) is 0 Å². The van der Waals surface area contributed by atoms with Gasteiger partial charge in [-0.15, -0.1) is 24.0 Å². The van der Waals surface area contributed by atoms with Gasteiger partial charge in [0.1, 0.15) is 0 Å². The predicted octanol–water partition coefficient (Wildman–Crippen LogP) is 4.36. The van der Waals surface area contributed by atoms with Gasteiger partial charge in [0.2, 0.25) is 0 Å². The van der Waals surface area contributed by atoms with Gasteiger partial charge in [-0.3, -0.25) is 0 Å². The molecule has 2 aromatic rings. The van der Waals surface area contributed by atoms with Crippen molar-refractivity contribution >= 4 is 56.6 Å². The van der Waals surface area contributed by atoms with E-state index in [1.165, 1.54) is 19.2 Å². The Morgan fingerprint density at radius 3 is 2.92 bits per heavy atom. The smallest absolute Gasteiger partial charge is 0.0396 e. The molecule has 0 atom stereocenters. The van der Waals surface area contributed by atoms with Crippen LogP contribution in [0.15, 0.2) is 22.4 Å². The summed E-state index contributed by atoms with van der Waals surface area (Å²) in [5.74, 6) is 0. The van der Waals surface area contributed by atoms with Crippen LogP contribution in [-0.2, 0) is 6.42 Å². The molecule has 0 aliphatic carbocycles. The van der Waals surface area contributed by atoms with E-state index in [9.17, 15) is 0 Å². The third-order valence-electron chi connectivity index (χ3n) is 2.12. The highest BCUT2D eigenvalue weighted by Crippen LogP contribution is 2.33. The Balaban J connectivity index is 2.85. The summed E-state index contributed by atoms with van der Waals surface area (Å²) in [4.78, 5) is 1.10. The molecule has 0 nitrogen and oxygen atoms in total. The van der Waals surface area contributed by atoms with Gasteiger partial charge in [0.25, 0.3) is 0 Å². The maximum Gasteiger partial charge on any atom is 0.0396 e. The average molecular weight is 320 g/mol. The van der Waals surface area contributed by atoms with Crippen molar-refractivity contribution in [2.24, 2.45) is 0 Å². The van der Waals surface area contributed by atoms with Crippen molar-refractivity contribution in [1.29, 1.82) is 0 Å². The molecular weight excluding hydrogens is 311 g/mol. The average Bonchev–Trinajstić information content (AvgIpc) is 2.48. The molecule has 0 N–H and O–H groups in total. The second kappa shape index (κ2) is 3.79. The SMILES string of the molecule is CCc1c(I)ccc2c(S)csc12. The van der Waals surface area contributed by atoms with Gasteiger partial charge < -0.3 is 0 Å². The topological polar surface area (TPSA) is 0 Å². The molecule has 0 unspecified atom stereocenters. The fourth-order valence-corrected chi connectivity index (χ4v) is 3.94. The van der Waals surface area contributed by atoms with Crippen molar-refractivity contribution in [2.75, 3.05) is 0 Å². The van der Waals surface area contributed by atoms with Crippen LogP contribution >= 0.6 is 46.6 Å². The Morgan fingerprint density at radius 2 is 2.23 bits per heavy atom. The van der Waals surface area contributed by atoms with Crippen molar-refractivity contribution in [3.63, 3.8) is 0 Å². The van der Waals surface area contributed by atoms with E-state index in [0.29, 0.717) is 0 Å². The zero-order valence-corrected chi connectivity index (χ0v) is 11.0. The lowest BCUT2D eigenvalue weighted by atomic mass is 10.1. The van der Waals surface area contributed by atoms with E-state index in [4.69, 9.17) is 0 Å². The third-order valence-corrected chi connectivity index (χ3v) is 4.73. The van der Waals surface area contributed by atoms with E-state index in [2.05, 4.69) is 59.7 Å². The van der Waals surface area contributed by atoms with Gasteiger partial charge in [-0.05, 0) is 40.6 Å². The van der Waals surface area contributed by atoms with Crippen LogP contribution in [0.25, 0.3) is 10.1 Å². The summed E-state index contributed by atoms with van der Waals surface area (Å²) in [5.41, 5.74) is 1.46. The minimum absolute atomic E-state index is 1.10. The van der Waals surface area contributed by atoms with E-state index in [1.54, 1.807) is 11.3 Å². The van der Waals surface area contributed by atoms with Crippen LogP contribution in [0.5, 0.6) is 0 Å². The van der Waals surface area contributed by atoms with Crippen molar-refractivity contribution in [3.05, 3.63) is 26.6 Å². The van der Waals surface area contributed by atoms with Gasteiger partial charge in [0, 0.05) is 23.9 Å². The summed E-state index contributed by atoms with van der Waals surface area (Å²) >= 11 is 8.63. The number of rotatable bonds is 1. The molecule has 1 aromatic heterocycles. The number of hydrogen-bond acceptors (Lipinski definition) is 2. The molecule has 0 spiro atoms. The minimum atomic E-state index is 1.10. The van der Waals surface area contributed by atoms with Crippen LogP contribution in [0.1, 0.15) is 12.5 Å². The highest BCUT2D eigenvalue weighted by atomic mass is 127. The van der Waals surface area contributed by atoms with Gasteiger partial charge in [-0.25, -0.2) is 0 Å². The fraction of sp³-hybridized carbons (Fsp3) is 0.200. The standard InChI is InChI=1S/C10H9IS2/c1-2-6-8(11)4-3-7-9(12)5-13-10(6)7/h3-5,12H,2H2,1H3.